The zero-order valence-electron chi connectivity index (χ0n) is 12.1. The van der Waals surface area contributed by atoms with Crippen molar-refractivity contribution in [3.05, 3.63) is 53.9 Å². The number of amides is 1. The first-order chi connectivity index (χ1) is 10.7. The lowest BCUT2D eigenvalue weighted by Gasteiger charge is -2.11. The van der Waals surface area contributed by atoms with Gasteiger partial charge in [0.05, 0.1) is 11.0 Å². The number of nitrogens with one attached hydrogen (secondary N) is 2. The highest BCUT2D eigenvalue weighted by atomic mass is 16.5. The van der Waals surface area contributed by atoms with E-state index < -0.39 is 6.10 Å². The Morgan fingerprint density at radius 2 is 2.18 bits per heavy atom. The smallest absolute Gasteiger partial charge is 0.265 e. The third kappa shape index (κ3) is 2.20. The van der Waals surface area contributed by atoms with Gasteiger partial charge in [0.25, 0.3) is 5.91 Å². The van der Waals surface area contributed by atoms with E-state index in [-0.39, 0.29) is 5.91 Å². The number of H-pyrrole nitrogens is 1. The number of rotatable bonds is 2. The Balaban J connectivity index is 1.52. The molecular weight excluding hydrogens is 278 g/mol. The van der Waals surface area contributed by atoms with Crippen LogP contribution in [0.15, 0.2) is 42.5 Å². The number of aryl methyl sites for hydroxylation is 1. The monoisotopic (exact) mass is 293 g/mol. The van der Waals surface area contributed by atoms with Gasteiger partial charge < -0.3 is 15.0 Å². The number of para-hydroxylation sites is 1. The van der Waals surface area contributed by atoms with Crippen LogP contribution < -0.4 is 10.1 Å². The molecule has 110 valence electrons. The Morgan fingerprint density at radius 1 is 1.32 bits per heavy atom. The minimum absolute atomic E-state index is 0.133. The number of ether oxygens (including phenoxy) is 1. The molecule has 1 aliphatic rings. The van der Waals surface area contributed by atoms with E-state index in [1.54, 1.807) is 0 Å². The first-order valence-electron chi connectivity index (χ1n) is 7.21. The third-order valence-electron chi connectivity index (χ3n) is 3.81. The Bertz CT molecular complexity index is 844. The lowest BCUT2D eigenvalue weighted by molar-refractivity contribution is -0.122. The van der Waals surface area contributed by atoms with Crippen LogP contribution in [0.2, 0.25) is 0 Å². The van der Waals surface area contributed by atoms with Gasteiger partial charge in [0, 0.05) is 12.1 Å². The van der Waals surface area contributed by atoms with E-state index in [0.29, 0.717) is 6.42 Å². The Morgan fingerprint density at radius 3 is 3.05 bits per heavy atom. The van der Waals surface area contributed by atoms with Crippen LogP contribution in [0, 0.1) is 6.92 Å². The van der Waals surface area contributed by atoms with E-state index in [4.69, 9.17) is 4.74 Å². The fourth-order valence-electron chi connectivity index (χ4n) is 2.77. The molecule has 1 unspecified atom stereocenters. The van der Waals surface area contributed by atoms with Crippen molar-refractivity contribution in [1.29, 1.82) is 0 Å². The molecule has 4 rings (SSSR count). The maximum atomic E-state index is 12.4. The molecule has 22 heavy (non-hydrogen) atoms. The van der Waals surface area contributed by atoms with Gasteiger partial charge in [0.2, 0.25) is 0 Å². The highest BCUT2D eigenvalue weighted by Gasteiger charge is 2.28. The second-order valence-electron chi connectivity index (χ2n) is 5.46. The fourth-order valence-corrected chi connectivity index (χ4v) is 2.77. The summed E-state index contributed by atoms with van der Waals surface area (Å²) in [5.74, 6) is 1.52. The highest BCUT2D eigenvalue weighted by Crippen LogP contribution is 2.28. The number of carbonyl (C=O) groups excluding carboxylic acids is 1. The van der Waals surface area contributed by atoms with Gasteiger partial charge >= 0.3 is 0 Å². The van der Waals surface area contributed by atoms with Crippen LogP contribution in [0.1, 0.15) is 11.4 Å². The molecule has 1 aliphatic heterocycles. The summed E-state index contributed by atoms with van der Waals surface area (Å²) in [7, 11) is 0. The number of aromatic nitrogens is 2. The fraction of sp³-hybridized carbons (Fsp3) is 0.176. The zero-order valence-corrected chi connectivity index (χ0v) is 12.1. The van der Waals surface area contributed by atoms with Gasteiger partial charge in [-0.1, -0.05) is 18.2 Å². The number of anilines is 1. The molecule has 0 aliphatic carbocycles. The Labute approximate surface area is 127 Å². The minimum Gasteiger partial charge on any atom is -0.480 e. The molecule has 3 aromatic rings. The molecule has 0 saturated carbocycles. The molecule has 2 N–H and O–H groups in total. The third-order valence-corrected chi connectivity index (χ3v) is 3.81. The van der Waals surface area contributed by atoms with Crippen molar-refractivity contribution in [3.8, 4) is 5.75 Å². The van der Waals surface area contributed by atoms with Crippen LogP contribution >= 0.6 is 0 Å². The van der Waals surface area contributed by atoms with E-state index in [9.17, 15) is 4.79 Å². The number of nitrogens with zero attached hydrogens (tertiary/aromatic N) is 1. The SMILES string of the molecule is Cc1nc2ccc(NC(=O)C3Cc4ccccc4O3)cc2[nH]1. The number of fused-ring (bicyclic) bond motifs is 2. The summed E-state index contributed by atoms with van der Waals surface area (Å²) in [4.78, 5) is 19.9. The summed E-state index contributed by atoms with van der Waals surface area (Å²) in [5.41, 5.74) is 3.61. The summed E-state index contributed by atoms with van der Waals surface area (Å²) in [6.07, 6.45) is 0.129. The molecule has 1 aromatic heterocycles. The molecule has 2 heterocycles. The number of hydrogen-bond donors (Lipinski definition) is 2. The average molecular weight is 293 g/mol. The van der Waals surface area contributed by atoms with Crippen LogP contribution in [0.5, 0.6) is 5.75 Å². The standard InChI is InChI=1S/C17H15N3O2/c1-10-18-13-7-6-12(9-14(13)19-10)20-17(21)16-8-11-4-2-3-5-15(11)22-16/h2-7,9,16H,8H2,1H3,(H,18,19)(H,20,21). The normalized spacial score (nSPS) is 16.3. The number of imidazole rings is 1. The quantitative estimate of drug-likeness (QED) is 0.763. The predicted octanol–water partition coefficient (Wildman–Crippen LogP) is 2.81. The van der Waals surface area contributed by atoms with Crippen molar-refractivity contribution >= 4 is 22.6 Å². The van der Waals surface area contributed by atoms with Gasteiger partial charge in [-0.25, -0.2) is 4.98 Å². The zero-order chi connectivity index (χ0) is 15.1. The minimum atomic E-state index is -0.475. The molecule has 0 fully saturated rings. The van der Waals surface area contributed by atoms with Crippen LogP contribution in [0.25, 0.3) is 11.0 Å². The predicted molar refractivity (Wildman–Crippen MR) is 84.0 cm³/mol. The molecule has 0 saturated heterocycles. The lowest BCUT2D eigenvalue weighted by Crippen LogP contribution is -2.31. The summed E-state index contributed by atoms with van der Waals surface area (Å²) < 4.78 is 5.70. The van der Waals surface area contributed by atoms with Crippen LogP contribution in [-0.2, 0) is 11.2 Å². The van der Waals surface area contributed by atoms with Gasteiger partial charge in [-0.2, -0.15) is 0 Å². The molecule has 0 bridgehead atoms. The number of aromatic amines is 1. The summed E-state index contributed by atoms with van der Waals surface area (Å²) in [6.45, 7) is 1.90. The van der Waals surface area contributed by atoms with E-state index in [2.05, 4.69) is 15.3 Å². The van der Waals surface area contributed by atoms with Crippen molar-refractivity contribution in [2.75, 3.05) is 5.32 Å². The van der Waals surface area contributed by atoms with Gasteiger partial charge in [0.15, 0.2) is 6.10 Å². The maximum absolute atomic E-state index is 12.4. The molecule has 2 aromatic carbocycles. The van der Waals surface area contributed by atoms with Crippen molar-refractivity contribution in [2.24, 2.45) is 0 Å². The molecule has 1 amide bonds. The van der Waals surface area contributed by atoms with E-state index in [1.165, 1.54) is 0 Å². The van der Waals surface area contributed by atoms with Gasteiger partial charge in [-0.05, 0) is 36.8 Å². The molecular formula is C17H15N3O2. The van der Waals surface area contributed by atoms with Crippen molar-refractivity contribution in [3.63, 3.8) is 0 Å². The molecule has 5 nitrogen and oxygen atoms in total. The molecule has 5 heteroatoms. The van der Waals surface area contributed by atoms with Crippen molar-refractivity contribution < 1.29 is 9.53 Å². The average Bonchev–Trinajstić information content (AvgIpc) is 3.08. The summed E-state index contributed by atoms with van der Waals surface area (Å²) in [6, 6.07) is 13.4. The van der Waals surface area contributed by atoms with E-state index in [1.807, 2.05) is 49.4 Å². The highest BCUT2D eigenvalue weighted by molar-refractivity contribution is 5.96. The number of carbonyl (C=O) groups is 1. The van der Waals surface area contributed by atoms with Crippen LogP contribution in [-0.4, -0.2) is 22.0 Å². The van der Waals surface area contributed by atoms with Gasteiger partial charge in [-0.15, -0.1) is 0 Å². The van der Waals surface area contributed by atoms with Crippen LogP contribution in [0.3, 0.4) is 0 Å². The summed E-state index contributed by atoms with van der Waals surface area (Å²) >= 11 is 0. The number of hydrogen-bond acceptors (Lipinski definition) is 3. The molecule has 1 atom stereocenters. The summed E-state index contributed by atoms with van der Waals surface area (Å²) in [5, 5.41) is 2.91. The number of benzene rings is 2. The lowest BCUT2D eigenvalue weighted by atomic mass is 10.1. The van der Waals surface area contributed by atoms with Gasteiger partial charge in [0.1, 0.15) is 11.6 Å². The van der Waals surface area contributed by atoms with Crippen molar-refractivity contribution in [2.45, 2.75) is 19.4 Å². The first kappa shape index (κ1) is 12.9. The molecule has 0 spiro atoms. The van der Waals surface area contributed by atoms with Crippen molar-refractivity contribution in [1.82, 2.24) is 9.97 Å². The topological polar surface area (TPSA) is 67.0 Å². The second kappa shape index (κ2) is 4.87. The molecule has 0 radical (unpaired) electrons. The van der Waals surface area contributed by atoms with Gasteiger partial charge in [-0.3, -0.25) is 4.79 Å². The van der Waals surface area contributed by atoms with E-state index >= 15 is 0 Å². The second-order valence-corrected chi connectivity index (χ2v) is 5.46. The first-order valence-corrected chi connectivity index (χ1v) is 7.21. The Hall–Kier alpha value is -2.82. The van der Waals surface area contributed by atoms with Crippen LogP contribution in [0.4, 0.5) is 5.69 Å². The largest absolute Gasteiger partial charge is 0.480 e. The van der Waals surface area contributed by atoms with E-state index in [0.717, 1.165) is 33.9 Å². The Kier molecular flexibility index (Phi) is 2.85. The maximum Gasteiger partial charge on any atom is 0.265 e.